The van der Waals surface area contributed by atoms with Crippen molar-refractivity contribution in [1.29, 1.82) is 0 Å². The summed E-state index contributed by atoms with van der Waals surface area (Å²) < 4.78 is 55.2. The third-order valence-corrected chi connectivity index (χ3v) is 5.94. The van der Waals surface area contributed by atoms with E-state index < -0.39 is 6.67 Å². The molecule has 0 saturated heterocycles. The van der Waals surface area contributed by atoms with Gasteiger partial charge in [0, 0.05) is 0 Å². The molecular weight excluding hydrogens is 519 g/mol. The fourth-order valence-electron chi connectivity index (χ4n) is 3.73. The number of hydrogen-bond acceptors (Lipinski definition) is 8. The van der Waals surface area contributed by atoms with Gasteiger partial charge in [0.05, 0.1) is 92.5 Å². The molecule has 8 nitrogen and oxygen atoms in total. The van der Waals surface area contributed by atoms with E-state index in [1.54, 1.807) is 0 Å². The Kier molecular flexibility index (Phi) is 28.1. The average Bonchev–Trinajstić information content (AvgIpc) is 2.98. The first-order valence-corrected chi connectivity index (χ1v) is 15.2. The van der Waals surface area contributed by atoms with Crippen molar-refractivity contribution in [3.05, 3.63) is 29.8 Å². The molecule has 0 heterocycles. The lowest BCUT2D eigenvalue weighted by molar-refractivity contribution is -0.0214. The van der Waals surface area contributed by atoms with Crippen LogP contribution in [0.3, 0.4) is 0 Å². The summed E-state index contributed by atoms with van der Waals surface area (Å²) >= 11 is 0. The number of unbranched alkanes of at least 4 members (excludes halogenated alkanes) is 6. The van der Waals surface area contributed by atoms with Crippen LogP contribution < -0.4 is 4.74 Å². The smallest absolute Gasteiger partial charge is 0.119 e. The summed E-state index contributed by atoms with van der Waals surface area (Å²) in [5.74, 6) is 0.885. The Labute approximate surface area is 242 Å². The van der Waals surface area contributed by atoms with Crippen molar-refractivity contribution < 1.29 is 42.3 Å². The molecule has 1 aromatic rings. The minimum atomic E-state index is -0.468. The number of benzene rings is 1. The molecule has 0 fully saturated rings. The fourth-order valence-corrected chi connectivity index (χ4v) is 3.73. The quantitative estimate of drug-likeness (QED) is 0.105. The lowest BCUT2D eigenvalue weighted by atomic mass is 10.0. The summed E-state index contributed by atoms with van der Waals surface area (Å²) in [5, 5.41) is 0. The normalized spacial score (nSPS) is 11.3. The van der Waals surface area contributed by atoms with Gasteiger partial charge in [0.1, 0.15) is 19.0 Å². The molecule has 0 bridgehead atoms. The molecule has 0 aliphatic rings. The van der Waals surface area contributed by atoms with Gasteiger partial charge in [0.2, 0.25) is 0 Å². The molecule has 0 aliphatic carbocycles. The van der Waals surface area contributed by atoms with E-state index in [1.165, 1.54) is 50.5 Å². The first-order valence-electron chi connectivity index (χ1n) is 15.2. The lowest BCUT2D eigenvalue weighted by Gasteiger charge is -2.09. The van der Waals surface area contributed by atoms with Gasteiger partial charge in [-0.15, -0.1) is 0 Å². The highest BCUT2D eigenvalue weighted by Gasteiger charge is 1.99. The molecule has 0 saturated carbocycles. The van der Waals surface area contributed by atoms with Gasteiger partial charge in [0.25, 0.3) is 0 Å². The first kappa shape index (κ1) is 36.7. The average molecular weight is 575 g/mol. The molecule has 9 heteroatoms. The molecule has 0 radical (unpaired) electrons. The van der Waals surface area contributed by atoms with Crippen LogP contribution in [0.4, 0.5) is 4.39 Å². The molecule has 234 valence electrons. The minimum Gasteiger partial charge on any atom is -0.491 e. The van der Waals surface area contributed by atoms with Crippen LogP contribution in [0.1, 0.15) is 57.4 Å². The summed E-state index contributed by atoms with van der Waals surface area (Å²) in [4.78, 5) is 0. The highest BCUT2D eigenvalue weighted by atomic mass is 19.1. The molecule has 0 amide bonds. The highest BCUT2D eigenvalue weighted by molar-refractivity contribution is 5.27. The molecular formula is C31H55FO8. The van der Waals surface area contributed by atoms with Gasteiger partial charge in [-0.2, -0.15) is 0 Å². The summed E-state index contributed by atoms with van der Waals surface area (Å²) in [6.45, 7) is 8.91. The summed E-state index contributed by atoms with van der Waals surface area (Å²) in [7, 11) is 0. The Bertz CT molecular complexity index is 620. The number of aryl methyl sites for hydroxylation is 1. The van der Waals surface area contributed by atoms with Gasteiger partial charge >= 0.3 is 0 Å². The van der Waals surface area contributed by atoms with Crippen LogP contribution in [0, 0.1) is 0 Å². The fraction of sp³-hybridized carbons (Fsp3) is 0.806. The van der Waals surface area contributed by atoms with E-state index in [-0.39, 0.29) is 6.61 Å². The second kappa shape index (κ2) is 30.6. The van der Waals surface area contributed by atoms with Crippen LogP contribution >= 0.6 is 0 Å². The predicted octanol–water partition coefficient (Wildman–Crippen LogP) is 5.44. The molecule has 0 N–H and O–H groups in total. The van der Waals surface area contributed by atoms with Crippen LogP contribution in [0.25, 0.3) is 0 Å². The molecule has 1 aromatic carbocycles. The highest BCUT2D eigenvalue weighted by Crippen LogP contribution is 2.15. The van der Waals surface area contributed by atoms with Crippen molar-refractivity contribution in [3.63, 3.8) is 0 Å². The summed E-state index contributed by atoms with van der Waals surface area (Å²) in [6, 6.07) is 8.44. The van der Waals surface area contributed by atoms with Crippen molar-refractivity contribution in [2.24, 2.45) is 0 Å². The van der Waals surface area contributed by atoms with E-state index in [2.05, 4.69) is 19.1 Å². The molecule has 0 aliphatic heterocycles. The maximum atomic E-state index is 11.8. The minimum absolute atomic E-state index is 0.120. The zero-order chi connectivity index (χ0) is 28.6. The zero-order valence-electron chi connectivity index (χ0n) is 24.9. The largest absolute Gasteiger partial charge is 0.491 e. The van der Waals surface area contributed by atoms with Gasteiger partial charge in [-0.1, -0.05) is 57.6 Å². The van der Waals surface area contributed by atoms with Crippen molar-refractivity contribution in [2.75, 3.05) is 106 Å². The summed E-state index contributed by atoms with van der Waals surface area (Å²) in [5.41, 5.74) is 1.38. The second-order valence-electron chi connectivity index (χ2n) is 9.34. The molecule has 1 rings (SSSR count). The van der Waals surface area contributed by atoms with Crippen LogP contribution in [-0.4, -0.2) is 106 Å². The SMILES string of the molecule is CCCCCCCCCc1ccc(OCCOCCOCCOCCOCCOCCOCCOCCF)cc1. The zero-order valence-corrected chi connectivity index (χ0v) is 24.9. The van der Waals surface area contributed by atoms with Crippen molar-refractivity contribution in [3.8, 4) is 5.75 Å². The molecule has 0 spiro atoms. The topological polar surface area (TPSA) is 73.8 Å². The molecule has 40 heavy (non-hydrogen) atoms. The number of rotatable bonds is 32. The Balaban J connectivity index is 1.76. The van der Waals surface area contributed by atoms with Gasteiger partial charge in [-0.05, 0) is 30.5 Å². The maximum absolute atomic E-state index is 11.8. The summed E-state index contributed by atoms with van der Waals surface area (Å²) in [6.07, 6.45) is 10.5. The number of hydrogen-bond donors (Lipinski definition) is 0. The van der Waals surface area contributed by atoms with E-state index in [4.69, 9.17) is 37.9 Å². The molecule has 0 unspecified atom stereocenters. The predicted molar refractivity (Wildman–Crippen MR) is 155 cm³/mol. The second-order valence-corrected chi connectivity index (χ2v) is 9.34. The van der Waals surface area contributed by atoms with Crippen molar-refractivity contribution in [2.45, 2.75) is 58.3 Å². The Morgan fingerprint density at radius 3 is 1.25 bits per heavy atom. The monoisotopic (exact) mass is 574 g/mol. The van der Waals surface area contributed by atoms with E-state index in [9.17, 15) is 4.39 Å². The van der Waals surface area contributed by atoms with Crippen LogP contribution in [0.2, 0.25) is 0 Å². The Hall–Kier alpha value is -1.33. The maximum Gasteiger partial charge on any atom is 0.119 e. The van der Waals surface area contributed by atoms with Gasteiger partial charge in [-0.25, -0.2) is 4.39 Å². The van der Waals surface area contributed by atoms with Gasteiger partial charge in [0.15, 0.2) is 0 Å². The number of ether oxygens (including phenoxy) is 8. The van der Waals surface area contributed by atoms with E-state index in [0.29, 0.717) is 92.5 Å². The number of alkyl halides is 1. The van der Waals surface area contributed by atoms with E-state index in [0.717, 1.165) is 12.2 Å². The number of halogens is 1. The van der Waals surface area contributed by atoms with Crippen LogP contribution in [0.15, 0.2) is 24.3 Å². The van der Waals surface area contributed by atoms with Crippen molar-refractivity contribution >= 4 is 0 Å². The standard InChI is InChI=1S/C31H55FO8/c1-2-3-4-5-6-7-8-9-30-10-12-31(13-11-30)40-29-28-39-27-26-38-25-24-37-23-22-36-21-20-35-19-18-34-17-16-33-15-14-32/h10-13H,2-9,14-29H2,1H3. The van der Waals surface area contributed by atoms with Gasteiger partial charge < -0.3 is 37.9 Å². The van der Waals surface area contributed by atoms with E-state index in [1.807, 2.05) is 12.1 Å². The first-order chi connectivity index (χ1) is 19.9. The van der Waals surface area contributed by atoms with Crippen LogP contribution in [-0.2, 0) is 39.6 Å². The Morgan fingerprint density at radius 2 is 0.825 bits per heavy atom. The molecule has 0 atom stereocenters. The Morgan fingerprint density at radius 1 is 0.450 bits per heavy atom. The third kappa shape index (κ3) is 25.6. The van der Waals surface area contributed by atoms with E-state index >= 15 is 0 Å². The van der Waals surface area contributed by atoms with Gasteiger partial charge in [-0.3, -0.25) is 0 Å². The third-order valence-electron chi connectivity index (χ3n) is 5.94. The van der Waals surface area contributed by atoms with Crippen molar-refractivity contribution in [1.82, 2.24) is 0 Å². The van der Waals surface area contributed by atoms with Crippen LogP contribution in [0.5, 0.6) is 5.75 Å². The lowest BCUT2D eigenvalue weighted by Crippen LogP contribution is -2.15. The molecule has 0 aromatic heterocycles.